The normalized spacial score (nSPS) is 10.3. The molecule has 4 nitrogen and oxygen atoms in total. The Morgan fingerprint density at radius 2 is 2.17 bits per heavy atom. The molecule has 0 aliphatic rings. The topological polar surface area (TPSA) is 60.2 Å². The van der Waals surface area contributed by atoms with Crippen LogP contribution in [-0.2, 0) is 6.42 Å². The Labute approximate surface area is 108 Å². The third kappa shape index (κ3) is 2.46. The number of ketones is 1. The van der Waals surface area contributed by atoms with Gasteiger partial charge in [-0.3, -0.25) is 14.9 Å². The van der Waals surface area contributed by atoms with E-state index in [1.165, 1.54) is 17.4 Å². The molecule has 0 atom stereocenters. The third-order valence-corrected chi connectivity index (χ3v) is 3.40. The number of aryl methyl sites for hydroxylation is 1. The van der Waals surface area contributed by atoms with Gasteiger partial charge in [-0.1, -0.05) is 12.1 Å². The van der Waals surface area contributed by atoms with E-state index in [0.29, 0.717) is 5.56 Å². The molecule has 0 aliphatic carbocycles. The Hall–Kier alpha value is -2.01. The lowest BCUT2D eigenvalue weighted by atomic mass is 9.99. The number of Topliss-reactive ketones (excluding diaryl/α,β-unsaturated/α-hetero) is 1. The zero-order valence-corrected chi connectivity index (χ0v) is 10.6. The molecule has 5 heteroatoms. The zero-order chi connectivity index (χ0) is 13.1. The van der Waals surface area contributed by atoms with Crippen molar-refractivity contribution < 1.29 is 9.72 Å². The van der Waals surface area contributed by atoms with Gasteiger partial charge in [0.2, 0.25) is 0 Å². The quantitative estimate of drug-likeness (QED) is 0.481. The summed E-state index contributed by atoms with van der Waals surface area (Å²) >= 11 is 1.51. The maximum atomic E-state index is 12.2. The molecule has 0 fully saturated rings. The maximum absolute atomic E-state index is 12.2. The van der Waals surface area contributed by atoms with E-state index in [0.717, 1.165) is 5.56 Å². The van der Waals surface area contributed by atoms with Gasteiger partial charge in [0, 0.05) is 12.5 Å². The summed E-state index contributed by atoms with van der Waals surface area (Å²) in [5, 5.41) is 14.7. The van der Waals surface area contributed by atoms with Crippen LogP contribution in [0.3, 0.4) is 0 Å². The molecule has 92 valence electrons. The fraction of sp³-hybridized carbons (Fsp3) is 0.154. The Morgan fingerprint density at radius 1 is 1.39 bits per heavy atom. The zero-order valence-electron chi connectivity index (χ0n) is 9.75. The second kappa shape index (κ2) is 5.10. The molecule has 0 saturated heterocycles. The van der Waals surface area contributed by atoms with Crippen molar-refractivity contribution in [2.75, 3.05) is 0 Å². The standard InChI is InChI=1S/C13H11NO3S/c1-9-3-2-4-11(14(16)17)13(9)12(15)7-10-5-6-18-8-10/h2-6,8H,7H2,1H3. The van der Waals surface area contributed by atoms with Gasteiger partial charge in [0.25, 0.3) is 5.69 Å². The second-order valence-electron chi connectivity index (χ2n) is 3.96. The number of nitrogens with zero attached hydrogens (tertiary/aromatic N) is 1. The van der Waals surface area contributed by atoms with E-state index >= 15 is 0 Å². The van der Waals surface area contributed by atoms with Crippen molar-refractivity contribution in [3.05, 3.63) is 61.8 Å². The van der Waals surface area contributed by atoms with Gasteiger partial charge in [0.05, 0.1) is 10.5 Å². The van der Waals surface area contributed by atoms with Crippen molar-refractivity contribution in [3.8, 4) is 0 Å². The Kier molecular flexibility index (Phi) is 3.53. The van der Waals surface area contributed by atoms with E-state index < -0.39 is 4.92 Å². The van der Waals surface area contributed by atoms with Gasteiger partial charge in [-0.2, -0.15) is 11.3 Å². The van der Waals surface area contributed by atoms with Gasteiger partial charge in [-0.15, -0.1) is 0 Å². The van der Waals surface area contributed by atoms with E-state index in [4.69, 9.17) is 0 Å². The van der Waals surface area contributed by atoms with Crippen molar-refractivity contribution in [3.63, 3.8) is 0 Å². The summed E-state index contributed by atoms with van der Waals surface area (Å²) < 4.78 is 0. The molecule has 0 bridgehead atoms. The first-order chi connectivity index (χ1) is 8.59. The number of nitro groups is 1. The number of rotatable bonds is 4. The minimum Gasteiger partial charge on any atom is -0.294 e. The predicted molar refractivity (Wildman–Crippen MR) is 70.2 cm³/mol. The summed E-state index contributed by atoms with van der Waals surface area (Å²) in [4.78, 5) is 22.6. The number of nitro benzene ring substituents is 1. The summed E-state index contributed by atoms with van der Waals surface area (Å²) in [6, 6.07) is 6.53. The first-order valence-electron chi connectivity index (χ1n) is 5.38. The average Bonchev–Trinajstić information content (AvgIpc) is 2.81. The summed E-state index contributed by atoms with van der Waals surface area (Å²) in [5.41, 5.74) is 1.64. The molecule has 0 radical (unpaired) electrons. The molecule has 0 saturated carbocycles. The fourth-order valence-electron chi connectivity index (χ4n) is 1.83. The summed E-state index contributed by atoms with van der Waals surface area (Å²) in [5.74, 6) is -0.210. The highest BCUT2D eigenvalue weighted by Crippen LogP contribution is 2.24. The Balaban J connectivity index is 2.38. The predicted octanol–water partition coefficient (Wildman–Crippen LogP) is 3.39. The van der Waals surface area contributed by atoms with E-state index in [2.05, 4.69) is 0 Å². The van der Waals surface area contributed by atoms with Crippen LogP contribution in [0, 0.1) is 17.0 Å². The largest absolute Gasteiger partial charge is 0.294 e. The lowest BCUT2D eigenvalue weighted by Crippen LogP contribution is -2.08. The van der Waals surface area contributed by atoms with Crippen molar-refractivity contribution in [2.24, 2.45) is 0 Å². The second-order valence-corrected chi connectivity index (χ2v) is 4.74. The molecular formula is C13H11NO3S. The van der Waals surface area contributed by atoms with Crippen molar-refractivity contribution in [1.29, 1.82) is 0 Å². The summed E-state index contributed by atoms with van der Waals surface area (Å²) in [6.45, 7) is 1.72. The SMILES string of the molecule is Cc1cccc([N+](=O)[O-])c1C(=O)Cc1ccsc1. The minimum atomic E-state index is -0.506. The molecule has 18 heavy (non-hydrogen) atoms. The molecule has 1 aromatic carbocycles. The number of carbonyl (C=O) groups excluding carboxylic acids is 1. The van der Waals surface area contributed by atoms with Crippen molar-refractivity contribution in [1.82, 2.24) is 0 Å². The van der Waals surface area contributed by atoms with Crippen LogP contribution in [-0.4, -0.2) is 10.7 Å². The molecule has 1 aromatic heterocycles. The van der Waals surface area contributed by atoms with E-state index in [9.17, 15) is 14.9 Å². The molecule has 1 heterocycles. The van der Waals surface area contributed by atoms with Crippen LogP contribution in [0.2, 0.25) is 0 Å². The lowest BCUT2D eigenvalue weighted by molar-refractivity contribution is -0.385. The van der Waals surface area contributed by atoms with Gasteiger partial charge in [0.1, 0.15) is 0 Å². The highest BCUT2D eigenvalue weighted by atomic mass is 32.1. The third-order valence-electron chi connectivity index (χ3n) is 2.67. The highest BCUT2D eigenvalue weighted by molar-refractivity contribution is 7.08. The molecule has 0 unspecified atom stereocenters. The van der Waals surface area contributed by atoms with Crippen LogP contribution < -0.4 is 0 Å². The number of hydrogen-bond acceptors (Lipinski definition) is 4. The molecule has 0 spiro atoms. The molecule has 2 rings (SSSR count). The Bertz CT molecular complexity index is 590. The summed E-state index contributed by atoms with van der Waals surface area (Å²) in [6.07, 6.45) is 0.204. The fourth-order valence-corrected chi connectivity index (χ4v) is 2.50. The van der Waals surface area contributed by atoms with Crippen LogP contribution in [0.1, 0.15) is 21.5 Å². The van der Waals surface area contributed by atoms with E-state index in [-0.39, 0.29) is 23.5 Å². The van der Waals surface area contributed by atoms with Gasteiger partial charge in [0.15, 0.2) is 5.78 Å². The smallest absolute Gasteiger partial charge is 0.280 e. The van der Waals surface area contributed by atoms with E-state index in [1.54, 1.807) is 19.1 Å². The molecule has 0 amide bonds. The van der Waals surface area contributed by atoms with Crippen molar-refractivity contribution >= 4 is 22.8 Å². The molecular weight excluding hydrogens is 250 g/mol. The van der Waals surface area contributed by atoms with Crippen LogP contribution in [0.15, 0.2) is 35.0 Å². The van der Waals surface area contributed by atoms with Crippen LogP contribution in [0.5, 0.6) is 0 Å². The number of thiophene rings is 1. The molecule has 2 aromatic rings. The minimum absolute atomic E-state index is 0.116. The lowest BCUT2D eigenvalue weighted by Gasteiger charge is -2.05. The molecule has 0 N–H and O–H groups in total. The number of carbonyl (C=O) groups is 1. The maximum Gasteiger partial charge on any atom is 0.280 e. The number of hydrogen-bond donors (Lipinski definition) is 0. The number of benzene rings is 1. The first kappa shape index (κ1) is 12.4. The van der Waals surface area contributed by atoms with Gasteiger partial charge in [-0.05, 0) is 34.9 Å². The van der Waals surface area contributed by atoms with Crippen LogP contribution in [0.4, 0.5) is 5.69 Å². The monoisotopic (exact) mass is 261 g/mol. The van der Waals surface area contributed by atoms with Crippen LogP contribution in [0.25, 0.3) is 0 Å². The van der Waals surface area contributed by atoms with Crippen LogP contribution >= 0.6 is 11.3 Å². The Morgan fingerprint density at radius 3 is 2.78 bits per heavy atom. The molecule has 0 aliphatic heterocycles. The average molecular weight is 261 g/mol. The van der Waals surface area contributed by atoms with E-state index in [1.807, 2.05) is 16.8 Å². The first-order valence-corrected chi connectivity index (χ1v) is 6.32. The van der Waals surface area contributed by atoms with Gasteiger partial charge >= 0.3 is 0 Å². The van der Waals surface area contributed by atoms with Crippen molar-refractivity contribution in [2.45, 2.75) is 13.3 Å². The van der Waals surface area contributed by atoms with Gasteiger partial charge < -0.3 is 0 Å². The summed E-state index contributed by atoms with van der Waals surface area (Å²) in [7, 11) is 0. The highest BCUT2D eigenvalue weighted by Gasteiger charge is 2.21. The van der Waals surface area contributed by atoms with Gasteiger partial charge in [-0.25, -0.2) is 0 Å².